The topological polar surface area (TPSA) is 44.3 Å². The van der Waals surface area contributed by atoms with Gasteiger partial charge in [0.05, 0.1) is 0 Å². The van der Waals surface area contributed by atoms with Crippen LogP contribution in [-0.2, 0) is 0 Å². The standard InChI is InChI=1S/C14H25N5/c1-15-7-6-8-18(2)13-11-14(17-12-16-13)19-9-4-3-5-10-19/h11-12,15H,3-10H2,1-2H3. The van der Waals surface area contributed by atoms with Crippen molar-refractivity contribution in [3.8, 4) is 0 Å². The highest BCUT2D eigenvalue weighted by molar-refractivity contribution is 5.49. The number of anilines is 2. The van der Waals surface area contributed by atoms with Crippen LogP contribution in [0.3, 0.4) is 0 Å². The molecule has 19 heavy (non-hydrogen) atoms. The third-order valence-electron chi connectivity index (χ3n) is 3.63. The molecule has 0 saturated carbocycles. The molecule has 1 saturated heterocycles. The zero-order valence-corrected chi connectivity index (χ0v) is 12.1. The Hall–Kier alpha value is -1.36. The van der Waals surface area contributed by atoms with Gasteiger partial charge in [0.15, 0.2) is 0 Å². The molecule has 1 fully saturated rings. The van der Waals surface area contributed by atoms with Crippen molar-refractivity contribution in [3.63, 3.8) is 0 Å². The van der Waals surface area contributed by atoms with Gasteiger partial charge in [0, 0.05) is 32.7 Å². The van der Waals surface area contributed by atoms with Gasteiger partial charge in [-0.1, -0.05) is 0 Å². The summed E-state index contributed by atoms with van der Waals surface area (Å²) in [6, 6.07) is 2.12. The Morgan fingerprint density at radius 2 is 2.05 bits per heavy atom. The third kappa shape index (κ3) is 4.06. The Kier molecular flexibility index (Phi) is 5.39. The molecule has 0 unspecified atom stereocenters. The van der Waals surface area contributed by atoms with E-state index in [1.54, 1.807) is 6.33 Å². The molecule has 5 nitrogen and oxygen atoms in total. The Bertz CT molecular complexity index is 376. The molecule has 0 aliphatic carbocycles. The molecule has 0 radical (unpaired) electrons. The summed E-state index contributed by atoms with van der Waals surface area (Å²) in [6.45, 7) is 4.30. The maximum atomic E-state index is 4.42. The molecule has 1 aromatic rings. The van der Waals surface area contributed by atoms with Crippen molar-refractivity contribution < 1.29 is 0 Å². The largest absolute Gasteiger partial charge is 0.359 e. The SMILES string of the molecule is CNCCCN(C)c1cc(N2CCCCC2)ncn1. The number of hydrogen-bond donors (Lipinski definition) is 1. The highest BCUT2D eigenvalue weighted by atomic mass is 15.2. The van der Waals surface area contributed by atoms with Crippen LogP contribution in [0.2, 0.25) is 0 Å². The molecule has 1 aliphatic heterocycles. The lowest BCUT2D eigenvalue weighted by atomic mass is 10.1. The molecular weight excluding hydrogens is 238 g/mol. The lowest BCUT2D eigenvalue weighted by molar-refractivity contribution is 0.573. The lowest BCUT2D eigenvalue weighted by Crippen LogP contribution is -2.30. The molecule has 106 valence electrons. The first-order valence-electron chi connectivity index (χ1n) is 7.24. The second-order valence-corrected chi connectivity index (χ2v) is 5.16. The molecule has 5 heteroatoms. The van der Waals surface area contributed by atoms with Gasteiger partial charge < -0.3 is 15.1 Å². The van der Waals surface area contributed by atoms with E-state index in [0.717, 1.165) is 44.2 Å². The number of piperidine rings is 1. The highest BCUT2D eigenvalue weighted by Crippen LogP contribution is 2.20. The number of rotatable bonds is 6. The summed E-state index contributed by atoms with van der Waals surface area (Å²) in [6.07, 6.45) is 6.71. The second kappa shape index (κ2) is 7.28. The summed E-state index contributed by atoms with van der Waals surface area (Å²) in [5.41, 5.74) is 0. The number of aromatic nitrogens is 2. The van der Waals surface area contributed by atoms with E-state index < -0.39 is 0 Å². The van der Waals surface area contributed by atoms with Crippen LogP contribution in [0, 0.1) is 0 Å². The van der Waals surface area contributed by atoms with Gasteiger partial charge in [-0.05, 0) is 39.3 Å². The fraction of sp³-hybridized carbons (Fsp3) is 0.714. The van der Waals surface area contributed by atoms with E-state index in [1.165, 1.54) is 19.3 Å². The van der Waals surface area contributed by atoms with Gasteiger partial charge in [-0.25, -0.2) is 9.97 Å². The molecule has 1 aliphatic rings. The summed E-state index contributed by atoms with van der Waals surface area (Å²) in [5, 5.41) is 3.17. The minimum Gasteiger partial charge on any atom is -0.359 e. The average molecular weight is 263 g/mol. The maximum Gasteiger partial charge on any atom is 0.134 e. The van der Waals surface area contributed by atoms with Crippen LogP contribution in [-0.4, -0.2) is 50.2 Å². The van der Waals surface area contributed by atoms with E-state index >= 15 is 0 Å². The number of nitrogens with zero attached hydrogens (tertiary/aromatic N) is 4. The minimum absolute atomic E-state index is 1.01. The number of nitrogens with one attached hydrogen (secondary N) is 1. The van der Waals surface area contributed by atoms with Gasteiger partial charge in [0.2, 0.25) is 0 Å². The molecule has 0 aromatic carbocycles. The summed E-state index contributed by atoms with van der Waals surface area (Å²) in [4.78, 5) is 13.4. The summed E-state index contributed by atoms with van der Waals surface area (Å²) in [5.74, 6) is 2.09. The van der Waals surface area contributed by atoms with E-state index in [9.17, 15) is 0 Å². The quantitative estimate of drug-likeness (QED) is 0.788. The van der Waals surface area contributed by atoms with E-state index in [2.05, 4.69) is 38.2 Å². The van der Waals surface area contributed by atoms with Gasteiger partial charge in [-0.2, -0.15) is 0 Å². The molecule has 0 atom stereocenters. The minimum atomic E-state index is 1.01. The fourth-order valence-electron chi connectivity index (χ4n) is 2.45. The summed E-state index contributed by atoms with van der Waals surface area (Å²) in [7, 11) is 4.08. The summed E-state index contributed by atoms with van der Waals surface area (Å²) < 4.78 is 0. The second-order valence-electron chi connectivity index (χ2n) is 5.16. The maximum absolute atomic E-state index is 4.42. The Morgan fingerprint density at radius 3 is 2.79 bits per heavy atom. The smallest absolute Gasteiger partial charge is 0.134 e. The highest BCUT2D eigenvalue weighted by Gasteiger charge is 2.13. The fourth-order valence-corrected chi connectivity index (χ4v) is 2.45. The van der Waals surface area contributed by atoms with Gasteiger partial charge in [0.25, 0.3) is 0 Å². The van der Waals surface area contributed by atoms with Crippen molar-refractivity contribution in [1.29, 1.82) is 0 Å². The number of hydrogen-bond acceptors (Lipinski definition) is 5. The molecule has 0 bridgehead atoms. The molecule has 1 aromatic heterocycles. The molecule has 2 heterocycles. The van der Waals surface area contributed by atoms with Crippen molar-refractivity contribution in [2.75, 3.05) is 50.1 Å². The first kappa shape index (κ1) is 14.1. The van der Waals surface area contributed by atoms with Crippen LogP contribution in [0.4, 0.5) is 11.6 Å². The van der Waals surface area contributed by atoms with E-state index in [0.29, 0.717) is 0 Å². The van der Waals surface area contributed by atoms with E-state index in [-0.39, 0.29) is 0 Å². The van der Waals surface area contributed by atoms with Crippen LogP contribution in [0.25, 0.3) is 0 Å². The molecule has 2 rings (SSSR count). The predicted octanol–water partition coefficient (Wildman–Crippen LogP) is 1.51. The van der Waals surface area contributed by atoms with Crippen molar-refractivity contribution in [1.82, 2.24) is 15.3 Å². The third-order valence-corrected chi connectivity index (χ3v) is 3.63. The Morgan fingerprint density at radius 1 is 1.26 bits per heavy atom. The monoisotopic (exact) mass is 263 g/mol. The van der Waals surface area contributed by atoms with Crippen molar-refractivity contribution in [2.24, 2.45) is 0 Å². The zero-order chi connectivity index (χ0) is 13.5. The van der Waals surface area contributed by atoms with Crippen LogP contribution in [0.1, 0.15) is 25.7 Å². The molecule has 0 spiro atoms. The summed E-state index contributed by atoms with van der Waals surface area (Å²) >= 11 is 0. The molecular formula is C14H25N5. The molecule has 0 amide bonds. The van der Waals surface area contributed by atoms with Crippen molar-refractivity contribution >= 4 is 11.6 Å². The van der Waals surface area contributed by atoms with Gasteiger partial charge in [-0.15, -0.1) is 0 Å². The van der Waals surface area contributed by atoms with Crippen molar-refractivity contribution in [2.45, 2.75) is 25.7 Å². The van der Waals surface area contributed by atoms with Crippen LogP contribution in [0.15, 0.2) is 12.4 Å². The van der Waals surface area contributed by atoms with Crippen molar-refractivity contribution in [3.05, 3.63) is 12.4 Å². The Labute approximate surface area is 116 Å². The first-order chi connectivity index (χ1) is 9.31. The van der Waals surface area contributed by atoms with Crippen LogP contribution < -0.4 is 15.1 Å². The predicted molar refractivity (Wildman–Crippen MR) is 79.9 cm³/mol. The van der Waals surface area contributed by atoms with E-state index in [1.807, 2.05) is 7.05 Å². The van der Waals surface area contributed by atoms with Gasteiger partial charge >= 0.3 is 0 Å². The lowest BCUT2D eigenvalue weighted by Gasteiger charge is -2.28. The zero-order valence-electron chi connectivity index (χ0n) is 12.1. The van der Waals surface area contributed by atoms with Gasteiger partial charge in [-0.3, -0.25) is 0 Å². The van der Waals surface area contributed by atoms with Crippen LogP contribution in [0.5, 0.6) is 0 Å². The Balaban J connectivity index is 1.97. The van der Waals surface area contributed by atoms with Crippen LogP contribution >= 0.6 is 0 Å². The van der Waals surface area contributed by atoms with Gasteiger partial charge in [0.1, 0.15) is 18.0 Å². The molecule has 1 N–H and O–H groups in total. The normalized spacial score (nSPS) is 15.6. The van der Waals surface area contributed by atoms with E-state index in [4.69, 9.17) is 0 Å². The first-order valence-corrected chi connectivity index (χ1v) is 7.24. The average Bonchev–Trinajstić information content (AvgIpc) is 2.48.